The van der Waals surface area contributed by atoms with E-state index in [4.69, 9.17) is 0 Å². The van der Waals surface area contributed by atoms with Gasteiger partial charge in [-0.05, 0) is 30.7 Å². The predicted molar refractivity (Wildman–Crippen MR) is 101 cm³/mol. The summed E-state index contributed by atoms with van der Waals surface area (Å²) in [5.74, 6) is 0.753. The minimum Gasteiger partial charge on any atom is -0.345 e. The van der Waals surface area contributed by atoms with Gasteiger partial charge in [0.1, 0.15) is 0 Å². The summed E-state index contributed by atoms with van der Waals surface area (Å²) in [4.78, 5) is 18.1. The van der Waals surface area contributed by atoms with Crippen molar-refractivity contribution in [3.63, 3.8) is 0 Å². The topological polar surface area (TPSA) is 35.9 Å². The van der Waals surface area contributed by atoms with Gasteiger partial charge < -0.3 is 9.80 Å². The van der Waals surface area contributed by atoms with E-state index in [2.05, 4.69) is 41.1 Å². The lowest BCUT2D eigenvalue weighted by molar-refractivity contribution is -0.119. The van der Waals surface area contributed by atoms with E-state index in [1.54, 1.807) is 12.5 Å². The van der Waals surface area contributed by atoms with Gasteiger partial charge in [0.05, 0.1) is 12.5 Å². The third-order valence-electron chi connectivity index (χ3n) is 3.84. The second kappa shape index (κ2) is 12.1. The van der Waals surface area contributed by atoms with Crippen molar-refractivity contribution in [3.8, 4) is 0 Å². The van der Waals surface area contributed by atoms with Crippen LogP contribution in [0.5, 0.6) is 0 Å². The van der Waals surface area contributed by atoms with Crippen LogP contribution in [0.3, 0.4) is 0 Å². The summed E-state index contributed by atoms with van der Waals surface area (Å²) in [7, 11) is 1.91. The zero-order valence-corrected chi connectivity index (χ0v) is 15.1. The summed E-state index contributed by atoms with van der Waals surface area (Å²) >= 11 is 0. The van der Waals surface area contributed by atoms with Crippen molar-refractivity contribution >= 4 is 12.7 Å². The average Bonchev–Trinajstić information content (AvgIpc) is 2.66. The Morgan fingerprint density at radius 1 is 1.21 bits per heavy atom. The first-order chi connectivity index (χ1) is 11.8. The Hall–Kier alpha value is -2.32. The second-order valence-electron chi connectivity index (χ2n) is 5.63. The summed E-state index contributed by atoms with van der Waals surface area (Å²) < 4.78 is 0. The zero-order valence-electron chi connectivity index (χ0n) is 15.1. The molecule has 0 aliphatic carbocycles. The zero-order chi connectivity index (χ0) is 17.6. The normalized spacial score (nSPS) is 16.0. The van der Waals surface area contributed by atoms with Crippen LogP contribution in [0.15, 0.2) is 53.5 Å². The largest absolute Gasteiger partial charge is 0.345 e. The molecule has 4 heteroatoms. The number of rotatable bonds is 3. The van der Waals surface area contributed by atoms with Gasteiger partial charge in [-0.15, -0.1) is 0 Å². The molecule has 2 aliphatic rings. The Kier molecular flexibility index (Phi) is 9.98. The molecule has 1 aromatic carbocycles. The van der Waals surface area contributed by atoms with Crippen LogP contribution >= 0.6 is 0 Å². The van der Waals surface area contributed by atoms with Crippen molar-refractivity contribution in [1.82, 2.24) is 9.80 Å². The highest BCUT2D eigenvalue weighted by Gasteiger charge is 2.17. The number of likely N-dealkylation sites (tertiary alicyclic amines) is 1. The second-order valence-corrected chi connectivity index (χ2v) is 5.63. The van der Waals surface area contributed by atoms with Gasteiger partial charge >= 0.3 is 0 Å². The molecule has 0 bridgehead atoms. The molecule has 24 heavy (non-hydrogen) atoms. The van der Waals surface area contributed by atoms with E-state index >= 15 is 0 Å². The van der Waals surface area contributed by atoms with Crippen LogP contribution in [-0.4, -0.2) is 42.7 Å². The number of piperidine rings is 1. The van der Waals surface area contributed by atoms with Crippen LogP contribution in [0, 0.1) is 5.92 Å². The molecule has 0 aromatic heterocycles. The molecule has 1 amide bonds. The van der Waals surface area contributed by atoms with Gasteiger partial charge in [0.2, 0.25) is 6.41 Å². The predicted octanol–water partition coefficient (Wildman–Crippen LogP) is 3.71. The maximum Gasteiger partial charge on any atom is 0.209 e. The molecular weight excluding hydrogens is 298 g/mol. The quantitative estimate of drug-likeness (QED) is 0.627. The molecule has 0 radical (unpaired) electrons. The van der Waals surface area contributed by atoms with E-state index in [0.29, 0.717) is 0 Å². The molecule has 3 rings (SSSR count). The first-order valence-electron chi connectivity index (χ1n) is 8.67. The van der Waals surface area contributed by atoms with Gasteiger partial charge in [0, 0.05) is 26.3 Å². The molecule has 0 atom stereocenters. The van der Waals surface area contributed by atoms with Gasteiger partial charge in [0.25, 0.3) is 0 Å². The van der Waals surface area contributed by atoms with Crippen LogP contribution < -0.4 is 0 Å². The highest BCUT2D eigenvalue weighted by atomic mass is 16.1. The van der Waals surface area contributed by atoms with Gasteiger partial charge in [-0.3, -0.25) is 4.79 Å². The molecule has 0 saturated carbocycles. The van der Waals surface area contributed by atoms with Crippen molar-refractivity contribution in [1.29, 1.82) is 0 Å². The van der Waals surface area contributed by atoms with Crippen LogP contribution in [0.25, 0.3) is 0 Å². The van der Waals surface area contributed by atoms with E-state index in [0.717, 1.165) is 44.7 Å². The van der Waals surface area contributed by atoms with Crippen LogP contribution in [0.2, 0.25) is 0 Å². The molecule has 2 aliphatic heterocycles. The monoisotopic (exact) mass is 327 g/mol. The van der Waals surface area contributed by atoms with E-state index in [9.17, 15) is 4.79 Å². The highest BCUT2D eigenvalue weighted by molar-refractivity contribution is 5.57. The van der Waals surface area contributed by atoms with E-state index in [1.807, 2.05) is 36.9 Å². The van der Waals surface area contributed by atoms with Gasteiger partial charge in [-0.1, -0.05) is 49.9 Å². The third kappa shape index (κ3) is 7.80. The summed E-state index contributed by atoms with van der Waals surface area (Å²) in [6, 6.07) is 10.6. The average molecular weight is 327 g/mol. The molecule has 4 nitrogen and oxygen atoms in total. The van der Waals surface area contributed by atoms with Crippen LogP contribution in [0.1, 0.15) is 32.3 Å². The van der Waals surface area contributed by atoms with Gasteiger partial charge in [0.15, 0.2) is 0 Å². The number of carbonyl (C=O) groups excluding carboxylic acids is 1. The van der Waals surface area contributed by atoms with Gasteiger partial charge in [-0.25, -0.2) is 4.99 Å². The van der Waals surface area contributed by atoms with Gasteiger partial charge in [-0.2, -0.15) is 0 Å². The molecule has 1 saturated heterocycles. The van der Waals surface area contributed by atoms with E-state index in [1.165, 1.54) is 5.56 Å². The standard InChI is InChI=1S/C13H17NO.C5H6N2.C2H6/c15-11-14-8-6-13(7-9-14)10-12-4-2-1-3-5-12;1-7-4-2-3-6-5-7;1-2/h1-5,11,13H,6-10H2;3-5H,1H3;1-2H3. The maximum absolute atomic E-state index is 10.6. The number of hydrogen-bond acceptors (Lipinski definition) is 3. The number of nitrogens with zero attached hydrogens (tertiary/aromatic N) is 3. The highest BCUT2D eigenvalue weighted by Crippen LogP contribution is 2.20. The minimum atomic E-state index is 0.753. The van der Waals surface area contributed by atoms with Crippen molar-refractivity contribution < 1.29 is 4.79 Å². The summed E-state index contributed by atoms with van der Waals surface area (Å²) in [5.41, 5.74) is 4.23. The minimum absolute atomic E-state index is 0.753. The lowest BCUT2D eigenvalue weighted by atomic mass is 9.90. The number of amides is 1. The summed E-state index contributed by atoms with van der Waals surface area (Å²) in [6.45, 7) is 5.86. The number of carbonyl (C=O) groups is 1. The van der Waals surface area contributed by atoms with Crippen molar-refractivity contribution in [2.75, 3.05) is 20.1 Å². The Bertz CT molecular complexity index is 539. The molecule has 2 heterocycles. The Morgan fingerprint density at radius 2 is 1.88 bits per heavy atom. The fraction of sp³-hybridized carbons (Fsp3) is 0.450. The molecule has 0 unspecified atom stereocenters. The fourth-order valence-corrected chi connectivity index (χ4v) is 2.58. The molecule has 0 N–H and O–H groups in total. The Labute approximate surface area is 146 Å². The number of benzene rings is 1. The first-order valence-corrected chi connectivity index (χ1v) is 8.67. The molecule has 1 fully saturated rings. The summed E-state index contributed by atoms with van der Waals surface area (Å²) in [6.07, 6.45) is 9.58. The molecule has 130 valence electrons. The summed E-state index contributed by atoms with van der Waals surface area (Å²) in [5, 5.41) is 0. The number of aliphatic imine (C=N–C) groups is 1. The lowest BCUT2D eigenvalue weighted by Gasteiger charge is -2.29. The van der Waals surface area contributed by atoms with Crippen molar-refractivity contribution in [3.05, 3.63) is 54.0 Å². The fourth-order valence-electron chi connectivity index (χ4n) is 2.58. The SMILES string of the molecule is CC.CN1C=C=CN=C1.O=CN1CCC(Cc2ccccc2)CC1. The molecular formula is C20H29N3O. The lowest BCUT2D eigenvalue weighted by Crippen LogP contribution is -2.33. The first kappa shape index (κ1) is 19.7. The Balaban J connectivity index is 0.000000268. The molecule has 1 aromatic rings. The van der Waals surface area contributed by atoms with Crippen LogP contribution in [-0.2, 0) is 11.2 Å². The number of hydrogen-bond donors (Lipinski definition) is 0. The smallest absolute Gasteiger partial charge is 0.209 e. The third-order valence-corrected chi connectivity index (χ3v) is 3.84. The van der Waals surface area contributed by atoms with Crippen molar-refractivity contribution in [2.45, 2.75) is 33.1 Å². The Morgan fingerprint density at radius 3 is 2.33 bits per heavy atom. The maximum atomic E-state index is 10.6. The van der Waals surface area contributed by atoms with Crippen LogP contribution in [0.4, 0.5) is 0 Å². The molecule has 0 spiro atoms. The van der Waals surface area contributed by atoms with E-state index < -0.39 is 0 Å². The van der Waals surface area contributed by atoms with E-state index in [-0.39, 0.29) is 0 Å². The van der Waals surface area contributed by atoms with Crippen molar-refractivity contribution in [2.24, 2.45) is 10.9 Å².